The van der Waals surface area contributed by atoms with Crippen LogP contribution < -0.4 is 0 Å². The predicted octanol–water partition coefficient (Wildman–Crippen LogP) is 3.22. The maximum absolute atomic E-state index is 13.0. The van der Waals surface area contributed by atoms with Gasteiger partial charge in [-0.1, -0.05) is 25.0 Å². The van der Waals surface area contributed by atoms with Gasteiger partial charge in [-0.25, -0.2) is 0 Å². The third-order valence-corrected chi connectivity index (χ3v) is 6.78. The maximum Gasteiger partial charge on any atom is 0.312 e. The number of hydrogen-bond acceptors (Lipinski definition) is 5. The minimum Gasteiger partial charge on any atom is -0.462 e. The lowest BCUT2D eigenvalue weighted by Gasteiger charge is -2.29. The Labute approximate surface area is 156 Å². The van der Waals surface area contributed by atoms with Crippen molar-refractivity contribution in [1.29, 1.82) is 0 Å². The number of rotatable bonds is 4. The number of hydrogen-bond donors (Lipinski definition) is 0. The first-order valence-electron chi connectivity index (χ1n) is 10.5. The minimum absolute atomic E-state index is 0.0275. The summed E-state index contributed by atoms with van der Waals surface area (Å²) in [6.07, 6.45) is 14.9. The highest BCUT2D eigenvalue weighted by molar-refractivity contribution is 5.85. The van der Waals surface area contributed by atoms with Crippen molar-refractivity contribution in [3.8, 4) is 0 Å². The second-order valence-corrected chi connectivity index (χ2v) is 8.48. The van der Waals surface area contributed by atoms with Crippen molar-refractivity contribution in [2.45, 2.75) is 88.5 Å². The summed E-state index contributed by atoms with van der Waals surface area (Å²) in [5.41, 5.74) is 0. The van der Waals surface area contributed by atoms with E-state index < -0.39 is 11.8 Å². The topological polar surface area (TPSA) is 55.8 Å². The molecular weight excluding hydrogens is 330 g/mol. The molecule has 4 rings (SSSR count). The standard InChI is InChI=1S/C21H31NO4/c1-22-16-12-13-17(22)19(21(24)26-15-10-6-3-7-11-15)18(16)20(23)25-14-8-4-2-5-9-14/h12-19H,2-11H2,1H3. The number of ether oxygens (including phenoxy) is 2. The van der Waals surface area contributed by atoms with Crippen LogP contribution in [0.4, 0.5) is 0 Å². The third kappa shape index (κ3) is 3.42. The van der Waals surface area contributed by atoms with Gasteiger partial charge in [0.1, 0.15) is 12.2 Å². The van der Waals surface area contributed by atoms with Crippen molar-refractivity contribution in [3.05, 3.63) is 12.2 Å². The van der Waals surface area contributed by atoms with Gasteiger partial charge in [-0.05, 0) is 58.4 Å². The van der Waals surface area contributed by atoms with Crippen molar-refractivity contribution in [3.63, 3.8) is 0 Å². The van der Waals surface area contributed by atoms with Crippen LogP contribution in [0.25, 0.3) is 0 Å². The Bertz CT molecular complexity index is 514. The second kappa shape index (κ2) is 7.71. The van der Waals surface area contributed by atoms with Gasteiger partial charge in [-0.15, -0.1) is 0 Å². The summed E-state index contributed by atoms with van der Waals surface area (Å²) in [7, 11) is 1.99. The van der Waals surface area contributed by atoms with Crippen molar-refractivity contribution in [2.24, 2.45) is 11.8 Å². The van der Waals surface area contributed by atoms with Crippen LogP contribution in [0.3, 0.4) is 0 Å². The number of esters is 2. The van der Waals surface area contributed by atoms with Crippen LogP contribution in [0.2, 0.25) is 0 Å². The van der Waals surface area contributed by atoms with E-state index in [9.17, 15) is 9.59 Å². The van der Waals surface area contributed by atoms with E-state index in [4.69, 9.17) is 9.47 Å². The molecule has 5 heteroatoms. The first kappa shape index (κ1) is 18.0. The highest BCUT2D eigenvalue weighted by atomic mass is 16.6. The molecule has 0 radical (unpaired) electrons. The second-order valence-electron chi connectivity index (χ2n) is 8.48. The van der Waals surface area contributed by atoms with Gasteiger partial charge in [-0.3, -0.25) is 14.5 Å². The number of fused-ring (bicyclic) bond motifs is 2. The fourth-order valence-electron chi connectivity index (χ4n) is 5.29. The Hall–Kier alpha value is -1.36. The first-order chi connectivity index (χ1) is 12.6. The quantitative estimate of drug-likeness (QED) is 0.568. The average molecular weight is 361 g/mol. The van der Waals surface area contributed by atoms with Crippen LogP contribution in [0.1, 0.15) is 64.2 Å². The van der Waals surface area contributed by atoms with Gasteiger partial charge in [0.15, 0.2) is 0 Å². The van der Waals surface area contributed by atoms with Crippen LogP contribution in [0, 0.1) is 11.8 Å². The molecular formula is C21H31NO4. The van der Waals surface area contributed by atoms with Gasteiger partial charge in [0, 0.05) is 12.1 Å². The zero-order valence-electron chi connectivity index (χ0n) is 15.8. The van der Waals surface area contributed by atoms with Gasteiger partial charge in [-0.2, -0.15) is 0 Å². The molecule has 0 N–H and O–H groups in total. The number of nitrogens with zero attached hydrogens (tertiary/aromatic N) is 1. The molecule has 0 aromatic heterocycles. The van der Waals surface area contributed by atoms with E-state index in [1.165, 1.54) is 12.8 Å². The molecule has 0 aromatic rings. The summed E-state index contributed by atoms with van der Waals surface area (Å²) < 4.78 is 11.7. The summed E-state index contributed by atoms with van der Waals surface area (Å²) >= 11 is 0. The molecule has 4 aliphatic rings. The van der Waals surface area contributed by atoms with Crippen LogP contribution in [0.15, 0.2) is 12.2 Å². The normalized spacial score (nSPS) is 35.6. The highest BCUT2D eigenvalue weighted by Gasteiger charge is 2.56. The summed E-state index contributed by atoms with van der Waals surface area (Å²) in [5, 5.41) is 0. The number of carbonyl (C=O) groups excluding carboxylic acids is 2. The largest absolute Gasteiger partial charge is 0.462 e. The molecule has 3 fully saturated rings. The molecule has 4 unspecified atom stereocenters. The lowest BCUT2D eigenvalue weighted by atomic mass is 9.82. The SMILES string of the molecule is CN1C2C=CC1C(C(=O)OC1CCCCC1)C2C(=O)OC1CCCCC1. The van der Waals surface area contributed by atoms with E-state index in [0.717, 1.165) is 51.4 Å². The van der Waals surface area contributed by atoms with Gasteiger partial charge in [0.05, 0.1) is 11.8 Å². The summed E-state index contributed by atoms with van der Waals surface area (Å²) in [5.74, 6) is -1.25. The number of likely N-dealkylation sites (N-methyl/N-ethyl adjacent to an activating group) is 1. The van der Waals surface area contributed by atoms with Gasteiger partial charge >= 0.3 is 11.9 Å². The van der Waals surface area contributed by atoms with Crippen molar-refractivity contribution < 1.29 is 19.1 Å². The molecule has 5 nitrogen and oxygen atoms in total. The van der Waals surface area contributed by atoms with Crippen LogP contribution in [0.5, 0.6) is 0 Å². The molecule has 4 atom stereocenters. The maximum atomic E-state index is 13.0. The summed E-state index contributed by atoms with van der Waals surface area (Å²) in [6.45, 7) is 0. The van der Waals surface area contributed by atoms with Gasteiger partial charge in [0.25, 0.3) is 0 Å². The van der Waals surface area contributed by atoms with Crippen LogP contribution in [-0.4, -0.2) is 48.2 Å². The molecule has 0 spiro atoms. The van der Waals surface area contributed by atoms with E-state index in [-0.39, 0.29) is 36.2 Å². The zero-order valence-corrected chi connectivity index (χ0v) is 15.8. The van der Waals surface area contributed by atoms with E-state index in [0.29, 0.717) is 0 Å². The Morgan fingerprint density at radius 2 is 1.12 bits per heavy atom. The van der Waals surface area contributed by atoms with E-state index in [1.807, 2.05) is 7.05 Å². The van der Waals surface area contributed by atoms with Gasteiger partial charge < -0.3 is 9.47 Å². The molecule has 2 heterocycles. The highest BCUT2D eigenvalue weighted by Crippen LogP contribution is 2.43. The molecule has 0 amide bonds. The van der Waals surface area contributed by atoms with Gasteiger partial charge in [0.2, 0.25) is 0 Å². The zero-order chi connectivity index (χ0) is 18.1. The van der Waals surface area contributed by atoms with Crippen molar-refractivity contribution in [2.75, 3.05) is 7.05 Å². The molecule has 144 valence electrons. The Kier molecular flexibility index (Phi) is 5.35. The lowest BCUT2D eigenvalue weighted by molar-refractivity contribution is -0.167. The molecule has 0 aromatic carbocycles. The molecule has 2 bridgehead atoms. The monoisotopic (exact) mass is 361 g/mol. The summed E-state index contributed by atoms with van der Waals surface area (Å²) in [4.78, 5) is 28.1. The Morgan fingerprint density at radius 1 is 0.731 bits per heavy atom. The Morgan fingerprint density at radius 3 is 1.50 bits per heavy atom. The lowest BCUT2D eigenvalue weighted by Crippen LogP contribution is -2.41. The fourth-order valence-corrected chi connectivity index (χ4v) is 5.29. The third-order valence-electron chi connectivity index (χ3n) is 6.78. The average Bonchev–Trinajstić information content (AvgIpc) is 3.16. The van der Waals surface area contributed by atoms with Crippen molar-refractivity contribution >= 4 is 11.9 Å². The summed E-state index contributed by atoms with van der Waals surface area (Å²) in [6, 6.07) is -0.0833. The van der Waals surface area contributed by atoms with Crippen LogP contribution in [-0.2, 0) is 19.1 Å². The molecule has 26 heavy (non-hydrogen) atoms. The first-order valence-corrected chi connectivity index (χ1v) is 10.5. The fraction of sp³-hybridized carbons (Fsp3) is 0.810. The van der Waals surface area contributed by atoms with E-state index in [1.54, 1.807) is 0 Å². The Balaban J connectivity index is 1.45. The van der Waals surface area contributed by atoms with E-state index >= 15 is 0 Å². The minimum atomic E-state index is -0.423. The molecule has 2 aliphatic carbocycles. The van der Waals surface area contributed by atoms with Crippen molar-refractivity contribution in [1.82, 2.24) is 4.90 Å². The smallest absolute Gasteiger partial charge is 0.312 e. The molecule has 2 saturated carbocycles. The van der Waals surface area contributed by atoms with E-state index in [2.05, 4.69) is 17.1 Å². The number of carbonyl (C=O) groups is 2. The van der Waals surface area contributed by atoms with Crippen LogP contribution >= 0.6 is 0 Å². The molecule has 1 saturated heterocycles. The molecule has 2 aliphatic heterocycles. The predicted molar refractivity (Wildman–Crippen MR) is 97.4 cm³/mol.